The van der Waals surface area contributed by atoms with Crippen molar-refractivity contribution in [3.8, 4) is 12.1 Å². The topological polar surface area (TPSA) is 112 Å². The van der Waals surface area contributed by atoms with Crippen LogP contribution in [0.3, 0.4) is 0 Å². The fourth-order valence-corrected chi connectivity index (χ4v) is 5.75. The van der Waals surface area contributed by atoms with Crippen molar-refractivity contribution in [2.45, 2.75) is 50.0 Å². The fourth-order valence-electron chi connectivity index (χ4n) is 5.52. The normalized spacial score (nSPS) is 17.6. The summed E-state index contributed by atoms with van der Waals surface area (Å²) in [4.78, 5) is 4.42. The second-order valence-corrected chi connectivity index (χ2v) is 11.3. The van der Waals surface area contributed by atoms with Gasteiger partial charge in [-0.15, -0.1) is 5.53 Å². The van der Waals surface area contributed by atoms with Gasteiger partial charge in [0.15, 0.2) is 5.54 Å². The Kier molecular flexibility index (Phi) is 7.58. The molecule has 12 heteroatoms. The maximum absolute atomic E-state index is 14.0. The number of halogens is 4. The van der Waals surface area contributed by atoms with E-state index in [0.29, 0.717) is 23.0 Å². The lowest BCUT2D eigenvalue weighted by Gasteiger charge is -2.28. The second-order valence-electron chi connectivity index (χ2n) is 10.9. The molecule has 2 aliphatic rings. The molecular weight excluding hydrogens is 601 g/mol. The van der Waals surface area contributed by atoms with E-state index in [1.54, 1.807) is 30.3 Å². The van der Waals surface area contributed by atoms with Gasteiger partial charge in [-0.25, -0.2) is 0 Å². The highest BCUT2D eigenvalue weighted by Crippen LogP contribution is 2.54. The smallest absolute Gasteiger partial charge is 0.377 e. The van der Waals surface area contributed by atoms with Crippen LogP contribution >= 0.6 is 11.6 Å². The van der Waals surface area contributed by atoms with Gasteiger partial charge in [0.1, 0.15) is 12.1 Å². The summed E-state index contributed by atoms with van der Waals surface area (Å²) in [6.07, 6.45) is -1.36. The van der Waals surface area contributed by atoms with E-state index in [2.05, 4.69) is 38.7 Å². The van der Waals surface area contributed by atoms with Crippen molar-refractivity contribution in [3.63, 3.8) is 0 Å². The van der Waals surface area contributed by atoms with Gasteiger partial charge in [-0.05, 0) is 48.6 Å². The number of nitrogens with zero attached hydrogens (tertiary/aromatic N) is 4. The summed E-state index contributed by atoms with van der Waals surface area (Å²) in [6, 6.07) is 21.7. The van der Waals surface area contributed by atoms with Gasteiger partial charge in [0.2, 0.25) is 0 Å². The van der Waals surface area contributed by atoms with E-state index in [4.69, 9.17) is 11.6 Å². The van der Waals surface area contributed by atoms with Gasteiger partial charge in [-0.3, -0.25) is 9.99 Å². The number of pyridine rings is 1. The first-order valence-corrected chi connectivity index (χ1v) is 14.6. The molecule has 0 amide bonds. The van der Waals surface area contributed by atoms with Crippen molar-refractivity contribution in [2.24, 2.45) is 0 Å². The molecule has 1 fully saturated rings. The molecule has 0 bridgehead atoms. The first-order valence-electron chi connectivity index (χ1n) is 14.8. The molecule has 1 aromatic heterocycles. The minimum absolute atomic E-state index is 0.0482. The Hall–Kier alpha value is -4.97. The Bertz CT molecular complexity index is 1920. The molecule has 4 N–H and O–H groups in total. The van der Waals surface area contributed by atoms with Crippen LogP contribution in [0.25, 0.3) is 10.9 Å². The standard InChI is InChI=1S/C33H28ClF3N8/c1-2-27(20-8-4-3-5-9-20)42-30-22(17-39)18-40-29-21(16-38)14-23(15-25(29)30)41-31(24-10-6-7-11-26(24)34)28-19-45(44-43-28)32(12-13-32)33(35,36)37/h3-11,14-15,18-19,27,31,41,43-44H,2,12-13H2,1H3,(H,40,42)/t27-,31?/m1/s1/i31D. The summed E-state index contributed by atoms with van der Waals surface area (Å²) in [5.74, 6) is 0. The predicted molar refractivity (Wildman–Crippen MR) is 166 cm³/mol. The van der Waals surface area contributed by atoms with E-state index >= 15 is 0 Å². The van der Waals surface area contributed by atoms with Crippen LogP contribution in [0.15, 0.2) is 84.8 Å². The number of rotatable bonds is 9. The molecule has 2 atom stereocenters. The third-order valence-electron chi connectivity index (χ3n) is 8.10. The van der Waals surface area contributed by atoms with Gasteiger partial charge < -0.3 is 16.1 Å². The van der Waals surface area contributed by atoms with Gasteiger partial charge >= 0.3 is 6.18 Å². The Morgan fingerprint density at radius 3 is 2.42 bits per heavy atom. The molecule has 0 spiro atoms. The molecule has 1 saturated carbocycles. The zero-order valence-corrected chi connectivity index (χ0v) is 24.8. The molecular formula is C33H28ClF3N8. The first kappa shape index (κ1) is 28.8. The van der Waals surface area contributed by atoms with Crippen LogP contribution in [0.5, 0.6) is 0 Å². The van der Waals surface area contributed by atoms with E-state index in [1.165, 1.54) is 18.5 Å². The number of alkyl halides is 3. The summed E-state index contributed by atoms with van der Waals surface area (Å²) in [6.45, 7) is 2.01. The van der Waals surface area contributed by atoms with E-state index in [0.717, 1.165) is 10.6 Å². The largest absolute Gasteiger partial charge is 0.413 e. The highest BCUT2D eigenvalue weighted by Gasteiger charge is 2.67. The summed E-state index contributed by atoms with van der Waals surface area (Å²) in [7, 11) is 0. The van der Waals surface area contributed by atoms with Crippen LogP contribution in [0.4, 0.5) is 24.5 Å². The lowest BCUT2D eigenvalue weighted by molar-refractivity contribution is -0.195. The molecule has 1 unspecified atom stereocenters. The maximum atomic E-state index is 14.0. The van der Waals surface area contributed by atoms with Crippen LogP contribution < -0.4 is 21.6 Å². The minimum atomic E-state index is -4.50. The average molecular weight is 630 g/mol. The van der Waals surface area contributed by atoms with Crippen molar-refractivity contribution < 1.29 is 14.5 Å². The van der Waals surface area contributed by atoms with Crippen LogP contribution in [-0.2, 0) is 0 Å². The predicted octanol–water partition coefficient (Wildman–Crippen LogP) is 7.61. The number of benzene rings is 3. The number of hydrazine groups is 2. The summed E-state index contributed by atoms with van der Waals surface area (Å²) in [5, 5.41) is 28.4. The lowest BCUT2D eigenvalue weighted by atomic mass is 10.00. The van der Waals surface area contributed by atoms with Crippen molar-refractivity contribution >= 4 is 33.9 Å². The third kappa shape index (κ3) is 5.57. The molecule has 0 saturated heterocycles. The van der Waals surface area contributed by atoms with Crippen molar-refractivity contribution in [2.75, 3.05) is 10.6 Å². The van der Waals surface area contributed by atoms with E-state index in [1.807, 2.05) is 37.3 Å². The maximum Gasteiger partial charge on any atom is 0.413 e. The second kappa shape index (κ2) is 11.8. The SMILES string of the molecule is [2H]C(Nc1cc(C#N)c2ncc(C#N)c(N[C@H](CC)c3ccccc3)c2c1)(C1=CN(C2(C(F)(F)F)CC2)NN1)c1ccccc1Cl. The summed E-state index contributed by atoms with van der Waals surface area (Å²) >= 11 is 6.58. The molecule has 4 aromatic rings. The highest BCUT2D eigenvalue weighted by molar-refractivity contribution is 6.31. The van der Waals surface area contributed by atoms with Crippen molar-refractivity contribution in [1.29, 1.82) is 10.5 Å². The molecule has 45 heavy (non-hydrogen) atoms. The van der Waals surface area contributed by atoms with Gasteiger partial charge in [-0.2, -0.15) is 23.7 Å². The number of nitriles is 2. The molecule has 3 aromatic carbocycles. The molecule has 1 aliphatic carbocycles. The number of anilines is 2. The lowest BCUT2D eigenvalue weighted by Crippen LogP contribution is -2.52. The Labute approximate surface area is 264 Å². The fraction of sp³-hybridized carbons (Fsp3) is 0.242. The van der Waals surface area contributed by atoms with Crippen LogP contribution in [0, 0.1) is 22.7 Å². The number of nitrogens with one attached hydrogen (secondary N) is 4. The number of aromatic nitrogens is 1. The molecule has 2 heterocycles. The molecule has 228 valence electrons. The highest BCUT2D eigenvalue weighted by atomic mass is 35.5. The van der Waals surface area contributed by atoms with Gasteiger partial charge in [0.05, 0.1) is 41.5 Å². The monoisotopic (exact) mass is 629 g/mol. The van der Waals surface area contributed by atoms with Crippen LogP contribution in [0.1, 0.15) is 61.9 Å². The average Bonchev–Trinajstić information content (AvgIpc) is 3.73. The molecule has 1 aliphatic heterocycles. The van der Waals surface area contributed by atoms with E-state index < -0.39 is 17.7 Å². The molecule has 0 radical (unpaired) electrons. The molecule has 6 rings (SSSR count). The Morgan fingerprint density at radius 1 is 1.07 bits per heavy atom. The summed E-state index contributed by atoms with van der Waals surface area (Å²) < 4.78 is 51.6. The van der Waals surface area contributed by atoms with Crippen molar-refractivity contribution in [1.82, 2.24) is 21.0 Å². The Balaban J connectivity index is 1.48. The van der Waals surface area contributed by atoms with E-state index in [-0.39, 0.29) is 52.0 Å². The van der Waals surface area contributed by atoms with Gasteiger partial charge in [0.25, 0.3) is 0 Å². The van der Waals surface area contributed by atoms with E-state index in [9.17, 15) is 25.1 Å². The number of fused-ring (bicyclic) bond motifs is 1. The third-order valence-corrected chi connectivity index (χ3v) is 8.43. The van der Waals surface area contributed by atoms with Crippen LogP contribution in [-0.4, -0.2) is 21.7 Å². The van der Waals surface area contributed by atoms with Gasteiger partial charge in [-0.1, -0.05) is 67.1 Å². The minimum Gasteiger partial charge on any atom is -0.377 e. The van der Waals surface area contributed by atoms with Crippen LogP contribution in [0.2, 0.25) is 5.02 Å². The quantitative estimate of drug-likeness (QED) is 0.150. The van der Waals surface area contributed by atoms with Crippen molar-refractivity contribution in [3.05, 3.63) is 112 Å². The number of hydrogen-bond acceptors (Lipinski definition) is 8. The molecule has 8 nitrogen and oxygen atoms in total. The Morgan fingerprint density at radius 2 is 1.78 bits per heavy atom. The zero-order valence-electron chi connectivity index (χ0n) is 25.0. The zero-order chi connectivity index (χ0) is 32.7. The van der Waals surface area contributed by atoms with Gasteiger partial charge in [0, 0.05) is 28.5 Å². The summed E-state index contributed by atoms with van der Waals surface area (Å²) in [5.41, 5.74) is 6.06. The number of hydrogen-bond donors (Lipinski definition) is 4. The first-order chi connectivity index (χ1) is 22.0.